The standard InChI is InChI=1S/C24H24N4O3/c1-31-21-8-4-6-17-16(14-26-23(17)21)13-22(29)27-9-11-28(12-10-27)24(30)19-15-25-20-7-3-2-5-18(19)20/h2-8,14-15,25-26H,9-13H2,1H3. The molecule has 1 aliphatic rings. The second-order valence-electron chi connectivity index (χ2n) is 7.79. The number of carbonyl (C=O) groups excluding carboxylic acids is 2. The SMILES string of the molecule is COc1cccc2c(CC(=O)N3CCN(C(=O)c4c[nH]c5ccccc45)CC3)c[nH]c12. The van der Waals surface area contributed by atoms with Gasteiger partial charge in [0.2, 0.25) is 5.91 Å². The predicted octanol–water partition coefficient (Wildman–Crippen LogP) is 3.18. The number of methoxy groups -OCH3 is 1. The molecule has 0 bridgehead atoms. The van der Waals surface area contributed by atoms with Crippen molar-refractivity contribution in [3.8, 4) is 5.75 Å². The molecule has 1 aliphatic heterocycles. The maximum absolute atomic E-state index is 13.0. The van der Waals surface area contributed by atoms with Crippen molar-refractivity contribution in [2.24, 2.45) is 0 Å². The van der Waals surface area contributed by atoms with Crippen molar-refractivity contribution in [1.82, 2.24) is 19.8 Å². The van der Waals surface area contributed by atoms with Gasteiger partial charge in [0.25, 0.3) is 5.91 Å². The van der Waals surface area contributed by atoms with Gasteiger partial charge in [0.1, 0.15) is 5.75 Å². The summed E-state index contributed by atoms with van der Waals surface area (Å²) < 4.78 is 5.39. The summed E-state index contributed by atoms with van der Waals surface area (Å²) in [5.74, 6) is 0.844. The molecule has 0 saturated carbocycles. The lowest BCUT2D eigenvalue weighted by Gasteiger charge is -2.34. The third kappa shape index (κ3) is 3.42. The Kier molecular flexibility index (Phi) is 4.86. The van der Waals surface area contributed by atoms with Gasteiger partial charge in [0.05, 0.1) is 24.6 Å². The molecule has 2 amide bonds. The van der Waals surface area contributed by atoms with E-state index in [-0.39, 0.29) is 11.8 Å². The molecule has 5 rings (SSSR count). The van der Waals surface area contributed by atoms with Gasteiger partial charge in [-0.05, 0) is 17.7 Å². The molecule has 0 unspecified atom stereocenters. The summed E-state index contributed by atoms with van der Waals surface area (Å²) in [6, 6.07) is 13.6. The van der Waals surface area contributed by atoms with Gasteiger partial charge in [-0.3, -0.25) is 9.59 Å². The second kappa shape index (κ2) is 7.83. The zero-order chi connectivity index (χ0) is 21.4. The maximum Gasteiger partial charge on any atom is 0.256 e. The Bertz CT molecular complexity index is 1260. The van der Waals surface area contributed by atoms with E-state index < -0.39 is 0 Å². The lowest BCUT2D eigenvalue weighted by molar-refractivity contribution is -0.131. The van der Waals surface area contributed by atoms with Crippen molar-refractivity contribution in [3.05, 3.63) is 66.0 Å². The summed E-state index contributed by atoms with van der Waals surface area (Å²) in [5.41, 5.74) is 3.50. The molecule has 2 aromatic heterocycles. The van der Waals surface area contributed by atoms with E-state index in [0.29, 0.717) is 38.2 Å². The Morgan fingerprint density at radius 3 is 2.45 bits per heavy atom. The molecule has 7 nitrogen and oxygen atoms in total. The van der Waals surface area contributed by atoms with Gasteiger partial charge in [-0.15, -0.1) is 0 Å². The minimum Gasteiger partial charge on any atom is -0.495 e. The van der Waals surface area contributed by atoms with Gasteiger partial charge >= 0.3 is 0 Å². The molecule has 7 heteroatoms. The van der Waals surface area contributed by atoms with E-state index in [1.807, 2.05) is 58.5 Å². The van der Waals surface area contributed by atoms with E-state index in [0.717, 1.165) is 33.1 Å². The van der Waals surface area contributed by atoms with Crippen LogP contribution in [0.5, 0.6) is 5.75 Å². The Morgan fingerprint density at radius 2 is 1.65 bits per heavy atom. The van der Waals surface area contributed by atoms with Gasteiger partial charge in [-0.25, -0.2) is 0 Å². The van der Waals surface area contributed by atoms with Crippen LogP contribution in [-0.2, 0) is 11.2 Å². The highest BCUT2D eigenvalue weighted by Crippen LogP contribution is 2.27. The summed E-state index contributed by atoms with van der Waals surface area (Å²) in [6.07, 6.45) is 3.97. The number of benzene rings is 2. The quantitative estimate of drug-likeness (QED) is 0.536. The number of rotatable bonds is 4. The lowest BCUT2D eigenvalue weighted by Crippen LogP contribution is -2.51. The fourth-order valence-electron chi connectivity index (χ4n) is 4.35. The van der Waals surface area contributed by atoms with Crippen LogP contribution >= 0.6 is 0 Å². The van der Waals surface area contributed by atoms with Gasteiger partial charge in [-0.2, -0.15) is 0 Å². The van der Waals surface area contributed by atoms with Crippen LogP contribution in [0.3, 0.4) is 0 Å². The average molecular weight is 416 g/mol. The van der Waals surface area contributed by atoms with E-state index in [4.69, 9.17) is 4.74 Å². The normalized spacial score (nSPS) is 14.4. The molecule has 2 N–H and O–H groups in total. The Labute approximate surface area is 179 Å². The predicted molar refractivity (Wildman–Crippen MR) is 119 cm³/mol. The topological polar surface area (TPSA) is 81.4 Å². The number of H-pyrrole nitrogens is 2. The summed E-state index contributed by atoms with van der Waals surface area (Å²) in [6.45, 7) is 2.15. The van der Waals surface area contributed by atoms with Gasteiger partial charge < -0.3 is 24.5 Å². The number of nitrogens with one attached hydrogen (secondary N) is 2. The first-order chi connectivity index (χ1) is 15.2. The number of aromatic amines is 2. The zero-order valence-electron chi connectivity index (χ0n) is 17.4. The number of fused-ring (bicyclic) bond motifs is 2. The van der Waals surface area contributed by atoms with Crippen molar-refractivity contribution >= 4 is 33.6 Å². The summed E-state index contributed by atoms with van der Waals surface area (Å²) in [4.78, 5) is 36.0. The van der Waals surface area contributed by atoms with E-state index >= 15 is 0 Å². The number of piperazine rings is 1. The van der Waals surface area contributed by atoms with Crippen LogP contribution in [0.15, 0.2) is 54.9 Å². The first-order valence-corrected chi connectivity index (χ1v) is 10.4. The molecule has 31 heavy (non-hydrogen) atoms. The average Bonchev–Trinajstić information content (AvgIpc) is 3.43. The number of ether oxygens (including phenoxy) is 1. The molecule has 1 saturated heterocycles. The molecule has 1 fully saturated rings. The molecular formula is C24H24N4O3. The minimum atomic E-state index is 0.00766. The summed E-state index contributed by atoms with van der Waals surface area (Å²) in [5, 5.41) is 1.93. The fourth-order valence-corrected chi connectivity index (χ4v) is 4.35. The number of para-hydroxylation sites is 2. The van der Waals surface area contributed by atoms with Crippen LogP contribution in [0.4, 0.5) is 0 Å². The van der Waals surface area contributed by atoms with Crippen LogP contribution in [-0.4, -0.2) is 64.9 Å². The largest absolute Gasteiger partial charge is 0.495 e. The van der Waals surface area contributed by atoms with Gasteiger partial charge in [-0.1, -0.05) is 30.3 Å². The van der Waals surface area contributed by atoms with Crippen molar-refractivity contribution in [2.75, 3.05) is 33.3 Å². The van der Waals surface area contributed by atoms with Crippen molar-refractivity contribution < 1.29 is 14.3 Å². The van der Waals surface area contributed by atoms with Crippen LogP contribution in [0, 0.1) is 0 Å². The maximum atomic E-state index is 13.0. The smallest absolute Gasteiger partial charge is 0.256 e. The number of aromatic nitrogens is 2. The second-order valence-corrected chi connectivity index (χ2v) is 7.79. The third-order valence-corrected chi connectivity index (χ3v) is 6.06. The minimum absolute atomic E-state index is 0.00766. The van der Waals surface area contributed by atoms with Crippen molar-refractivity contribution in [2.45, 2.75) is 6.42 Å². The number of nitrogens with zero attached hydrogens (tertiary/aromatic N) is 2. The third-order valence-electron chi connectivity index (χ3n) is 6.06. The van der Waals surface area contributed by atoms with E-state index in [2.05, 4.69) is 9.97 Å². The molecule has 3 heterocycles. The monoisotopic (exact) mass is 416 g/mol. The first-order valence-electron chi connectivity index (χ1n) is 10.4. The Balaban J connectivity index is 1.24. The van der Waals surface area contributed by atoms with E-state index in [1.54, 1.807) is 13.3 Å². The zero-order valence-corrected chi connectivity index (χ0v) is 17.4. The molecule has 0 aliphatic carbocycles. The molecule has 158 valence electrons. The Morgan fingerprint density at radius 1 is 0.903 bits per heavy atom. The Hall–Kier alpha value is -3.74. The highest BCUT2D eigenvalue weighted by molar-refractivity contribution is 6.06. The van der Waals surface area contributed by atoms with E-state index in [9.17, 15) is 9.59 Å². The number of amides is 2. The molecular weight excluding hydrogens is 392 g/mol. The van der Waals surface area contributed by atoms with Crippen molar-refractivity contribution in [3.63, 3.8) is 0 Å². The number of carbonyl (C=O) groups is 2. The van der Waals surface area contributed by atoms with Crippen LogP contribution in [0.25, 0.3) is 21.8 Å². The van der Waals surface area contributed by atoms with E-state index in [1.165, 1.54) is 0 Å². The van der Waals surface area contributed by atoms with Crippen LogP contribution in [0.2, 0.25) is 0 Å². The lowest BCUT2D eigenvalue weighted by atomic mass is 10.1. The van der Waals surface area contributed by atoms with Crippen LogP contribution < -0.4 is 4.74 Å². The number of hydrogen-bond acceptors (Lipinski definition) is 3. The fraction of sp³-hybridized carbons (Fsp3) is 0.250. The summed E-state index contributed by atoms with van der Waals surface area (Å²) >= 11 is 0. The summed E-state index contributed by atoms with van der Waals surface area (Å²) in [7, 11) is 1.64. The molecule has 2 aromatic carbocycles. The first kappa shape index (κ1) is 19.2. The molecule has 0 radical (unpaired) electrons. The molecule has 0 atom stereocenters. The van der Waals surface area contributed by atoms with Crippen molar-refractivity contribution in [1.29, 1.82) is 0 Å². The van der Waals surface area contributed by atoms with Gasteiger partial charge in [0.15, 0.2) is 0 Å². The highest BCUT2D eigenvalue weighted by atomic mass is 16.5. The molecule has 0 spiro atoms. The van der Waals surface area contributed by atoms with Gasteiger partial charge in [0, 0.05) is 54.9 Å². The highest BCUT2D eigenvalue weighted by Gasteiger charge is 2.26. The van der Waals surface area contributed by atoms with Crippen LogP contribution in [0.1, 0.15) is 15.9 Å². The number of hydrogen-bond donors (Lipinski definition) is 2. The molecule has 4 aromatic rings.